The zero-order valence-corrected chi connectivity index (χ0v) is 8.66. The first-order chi connectivity index (χ1) is 7.29. The third-order valence-electron chi connectivity index (χ3n) is 1.87. The lowest BCUT2D eigenvalue weighted by molar-refractivity contribution is -0.292. The molecule has 3 atom stereocenters. The van der Waals surface area contributed by atoms with Crippen LogP contribution in [0.25, 0.3) is 0 Å². The summed E-state index contributed by atoms with van der Waals surface area (Å²) < 4.78 is 36.8. The molecule has 16 heavy (non-hydrogen) atoms. The number of carboxylic acids is 1. The number of hydrogen-bond donors (Lipinski definition) is 3. The van der Waals surface area contributed by atoms with Crippen LogP contribution in [0.15, 0.2) is 0 Å². The van der Waals surface area contributed by atoms with E-state index in [0.29, 0.717) is 0 Å². The standard InChI is InChI=1S/C6H10O9S/c7-3-1-4(6(8)9)13-2-5(3)14-15-16(10,11)12/h3-5,7H,1-2H2,(H,8,9)(H,10,11,12)/t3-,4?,5?/m0/s1. The predicted octanol–water partition coefficient (Wildman–Crippen LogP) is -1.66. The van der Waals surface area contributed by atoms with E-state index in [1.165, 1.54) is 0 Å². The molecule has 0 aromatic rings. The minimum Gasteiger partial charge on any atom is -0.479 e. The van der Waals surface area contributed by atoms with Crippen molar-refractivity contribution >= 4 is 16.4 Å². The van der Waals surface area contributed by atoms with Crippen LogP contribution in [-0.2, 0) is 29.2 Å². The SMILES string of the molecule is O=C(O)C1C[C@H](O)C(OOS(=O)(=O)O)CO1. The van der Waals surface area contributed by atoms with Gasteiger partial charge in [0.25, 0.3) is 0 Å². The molecule has 1 aliphatic heterocycles. The van der Waals surface area contributed by atoms with Gasteiger partial charge >= 0.3 is 16.4 Å². The average Bonchev–Trinajstić information content (AvgIpc) is 2.14. The van der Waals surface area contributed by atoms with E-state index >= 15 is 0 Å². The van der Waals surface area contributed by atoms with Gasteiger partial charge in [0.1, 0.15) is 6.10 Å². The Kier molecular flexibility index (Phi) is 4.18. The quantitative estimate of drug-likeness (QED) is 0.307. The Labute approximate surface area is 90.4 Å². The second kappa shape index (κ2) is 5.03. The van der Waals surface area contributed by atoms with Crippen molar-refractivity contribution in [2.75, 3.05) is 6.61 Å². The van der Waals surface area contributed by atoms with Gasteiger partial charge in [0.15, 0.2) is 6.10 Å². The molecule has 0 bridgehead atoms. The van der Waals surface area contributed by atoms with E-state index in [2.05, 4.69) is 9.22 Å². The number of carbonyl (C=O) groups is 1. The number of hydrogen-bond acceptors (Lipinski definition) is 7. The third kappa shape index (κ3) is 4.00. The van der Waals surface area contributed by atoms with Crippen molar-refractivity contribution in [2.45, 2.75) is 24.7 Å². The van der Waals surface area contributed by atoms with Crippen LogP contribution in [0.1, 0.15) is 6.42 Å². The van der Waals surface area contributed by atoms with Crippen molar-refractivity contribution in [3.63, 3.8) is 0 Å². The summed E-state index contributed by atoms with van der Waals surface area (Å²) in [5.74, 6) is -1.24. The molecule has 0 spiro atoms. The van der Waals surface area contributed by atoms with Gasteiger partial charge in [0.2, 0.25) is 0 Å². The molecule has 0 aromatic heterocycles. The average molecular weight is 258 g/mol. The molecule has 10 heteroatoms. The van der Waals surface area contributed by atoms with E-state index in [1.807, 2.05) is 0 Å². The summed E-state index contributed by atoms with van der Waals surface area (Å²) in [6, 6.07) is 0. The molecule has 94 valence electrons. The first kappa shape index (κ1) is 13.3. The van der Waals surface area contributed by atoms with Crippen LogP contribution in [-0.4, -0.2) is 54.1 Å². The fourth-order valence-electron chi connectivity index (χ4n) is 1.13. The van der Waals surface area contributed by atoms with Crippen molar-refractivity contribution < 1.29 is 41.9 Å². The highest BCUT2D eigenvalue weighted by molar-refractivity contribution is 7.80. The van der Waals surface area contributed by atoms with Crippen LogP contribution in [0.3, 0.4) is 0 Å². The van der Waals surface area contributed by atoms with Gasteiger partial charge in [-0.25, -0.2) is 9.68 Å². The van der Waals surface area contributed by atoms with Gasteiger partial charge in [-0.3, -0.25) is 4.55 Å². The summed E-state index contributed by atoms with van der Waals surface area (Å²) in [7, 11) is -4.78. The summed E-state index contributed by atoms with van der Waals surface area (Å²) in [6.07, 6.45) is -3.90. The Bertz CT molecular complexity index is 349. The summed E-state index contributed by atoms with van der Waals surface area (Å²) in [5.41, 5.74) is 0. The number of rotatable bonds is 4. The molecular weight excluding hydrogens is 248 g/mol. The maximum atomic E-state index is 10.5. The number of ether oxygens (including phenoxy) is 1. The molecule has 1 aliphatic rings. The lowest BCUT2D eigenvalue weighted by atomic mass is 10.0. The van der Waals surface area contributed by atoms with Gasteiger partial charge in [0.05, 0.1) is 12.7 Å². The van der Waals surface area contributed by atoms with E-state index in [-0.39, 0.29) is 13.0 Å². The first-order valence-electron chi connectivity index (χ1n) is 4.14. The second-order valence-corrected chi connectivity index (χ2v) is 4.09. The van der Waals surface area contributed by atoms with E-state index in [4.69, 9.17) is 14.4 Å². The summed E-state index contributed by atoms with van der Waals surface area (Å²) in [4.78, 5) is 14.7. The van der Waals surface area contributed by atoms with E-state index in [0.717, 1.165) is 0 Å². The molecule has 2 unspecified atom stereocenters. The van der Waals surface area contributed by atoms with Crippen molar-refractivity contribution in [2.24, 2.45) is 0 Å². The van der Waals surface area contributed by atoms with Crippen LogP contribution in [0.5, 0.6) is 0 Å². The molecule has 3 N–H and O–H groups in total. The molecular formula is C6H10O9S. The third-order valence-corrected chi connectivity index (χ3v) is 2.12. The van der Waals surface area contributed by atoms with Crippen molar-refractivity contribution in [3.8, 4) is 0 Å². The van der Waals surface area contributed by atoms with Crippen LogP contribution in [0.4, 0.5) is 0 Å². The minimum absolute atomic E-state index is 0.269. The lowest BCUT2D eigenvalue weighted by Gasteiger charge is -2.29. The molecule has 1 heterocycles. The normalized spacial score (nSPS) is 31.2. The van der Waals surface area contributed by atoms with Crippen molar-refractivity contribution in [3.05, 3.63) is 0 Å². The number of aliphatic hydroxyl groups excluding tert-OH is 1. The minimum atomic E-state index is -4.78. The van der Waals surface area contributed by atoms with E-state index in [9.17, 15) is 18.3 Å². The van der Waals surface area contributed by atoms with Crippen LogP contribution in [0.2, 0.25) is 0 Å². The van der Waals surface area contributed by atoms with Gasteiger partial charge < -0.3 is 14.9 Å². The molecule has 0 saturated carbocycles. The second-order valence-electron chi connectivity index (χ2n) is 3.09. The molecule has 0 radical (unpaired) electrons. The molecule has 0 amide bonds. The Morgan fingerprint density at radius 1 is 1.44 bits per heavy atom. The summed E-state index contributed by atoms with van der Waals surface area (Å²) in [6.45, 7) is -0.367. The highest BCUT2D eigenvalue weighted by Gasteiger charge is 2.35. The molecule has 9 nitrogen and oxygen atoms in total. The van der Waals surface area contributed by atoms with Gasteiger partial charge in [-0.05, 0) is 0 Å². The van der Waals surface area contributed by atoms with Gasteiger partial charge in [-0.2, -0.15) is 8.42 Å². The molecule has 1 rings (SSSR count). The fourth-order valence-corrected chi connectivity index (χ4v) is 1.33. The number of aliphatic hydroxyl groups is 1. The summed E-state index contributed by atoms with van der Waals surface area (Å²) in [5, 5.41) is 17.9. The summed E-state index contributed by atoms with van der Waals surface area (Å²) >= 11 is 0. The lowest BCUT2D eigenvalue weighted by Crippen LogP contribution is -2.45. The van der Waals surface area contributed by atoms with E-state index in [1.54, 1.807) is 0 Å². The maximum absolute atomic E-state index is 10.5. The van der Waals surface area contributed by atoms with Crippen LogP contribution >= 0.6 is 0 Å². The first-order valence-corrected chi connectivity index (χ1v) is 5.51. The van der Waals surface area contributed by atoms with E-state index < -0.39 is 34.7 Å². The number of carboxylic acid groups (broad SMARTS) is 1. The van der Waals surface area contributed by atoms with Gasteiger partial charge in [0, 0.05) is 6.42 Å². The Balaban J connectivity index is 2.45. The predicted molar refractivity (Wildman–Crippen MR) is 45.5 cm³/mol. The largest absolute Gasteiger partial charge is 0.479 e. The fraction of sp³-hybridized carbons (Fsp3) is 0.833. The van der Waals surface area contributed by atoms with Gasteiger partial charge in [-0.15, -0.1) is 0 Å². The molecule has 1 fully saturated rings. The highest BCUT2D eigenvalue weighted by Crippen LogP contribution is 2.17. The zero-order valence-electron chi connectivity index (χ0n) is 7.85. The van der Waals surface area contributed by atoms with Crippen LogP contribution in [0, 0.1) is 0 Å². The Morgan fingerprint density at radius 2 is 2.06 bits per heavy atom. The maximum Gasteiger partial charge on any atom is 0.424 e. The zero-order chi connectivity index (χ0) is 12.3. The smallest absolute Gasteiger partial charge is 0.424 e. The highest BCUT2D eigenvalue weighted by atomic mass is 32.3. The monoisotopic (exact) mass is 258 g/mol. The van der Waals surface area contributed by atoms with Crippen LogP contribution < -0.4 is 0 Å². The van der Waals surface area contributed by atoms with Gasteiger partial charge in [-0.1, -0.05) is 4.33 Å². The topological polar surface area (TPSA) is 140 Å². The Morgan fingerprint density at radius 3 is 2.50 bits per heavy atom. The van der Waals surface area contributed by atoms with Crippen molar-refractivity contribution in [1.82, 2.24) is 0 Å². The number of aliphatic carboxylic acids is 1. The molecule has 0 aliphatic carbocycles. The Hall–Kier alpha value is -0.780. The van der Waals surface area contributed by atoms with Crippen molar-refractivity contribution in [1.29, 1.82) is 0 Å². The molecule has 1 saturated heterocycles. The molecule has 0 aromatic carbocycles.